The van der Waals surface area contributed by atoms with Crippen molar-refractivity contribution in [2.24, 2.45) is 5.92 Å². The Morgan fingerprint density at radius 2 is 2.31 bits per heavy atom. The fraction of sp³-hybridized carbons (Fsp3) is 0.692. The van der Waals surface area contributed by atoms with Gasteiger partial charge in [0.05, 0.1) is 12.7 Å². The smallest absolute Gasteiger partial charge is 0.0813 e. The summed E-state index contributed by atoms with van der Waals surface area (Å²) in [7, 11) is 0. The van der Waals surface area contributed by atoms with Gasteiger partial charge in [-0.15, -0.1) is 11.3 Å². The summed E-state index contributed by atoms with van der Waals surface area (Å²) in [6.07, 6.45) is 3.02. The molecule has 0 bridgehead atoms. The minimum absolute atomic E-state index is 0.336. The van der Waals surface area contributed by atoms with Crippen molar-refractivity contribution in [1.82, 2.24) is 5.32 Å². The van der Waals surface area contributed by atoms with Crippen molar-refractivity contribution < 1.29 is 4.74 Å². The van der Waals surface area contributed by atoms with E-state index in [4.69, 9.17) is 4.74 Å². The maximum Gasteiger partial charge on any atom is 0.0813 e. The monoisotopic (exact) mass is 239 g/mol. The van der Waals surface area contributed by atoms with Crippen molar-refractivity contribution in [3.63, 3.8) is 0 Å². The van der Waals surface area contributed by atoms with E-state index in [9.17, 15) is 0 Å². The number of ether oxygens (including phenoxy) is 1. The molecule has 1 fully saturated rings. The first-order valence-corrected chi connectivity index (χ1v) is 7.01. The van der Waals surface area contributed by atoms with E-state index in [1.54, 1.807) is 11.3 Å². The molecule has 3 heteroatoms. The number of hydrogen-bond donors (Lipinski definition) is 1. The number of rotatable bonds is 7. The van der Waals surface area contributed by atoms with Crippen LogP contribution in [0.15, 0.2) is 17.5 Å². The van der Waals surface area contributed by atoms with Crippen LogP contribution in [0.25, 0.3) is 0 Å². The van der Waals surface area contributed by atoms with E-state index in [1.807, 2.05) is 0 Å². The van der Waals surface area contributed by atoms with E-state index in [2.05, 4.69) is 36.7 Å². The second-order valence-corrected chi connectivity index (χ2v) is 5.89. The van der Waals surface area contributed by atoms with Gasteiger partial charge in [0.1, 0.15) is 0 Å². The van der Waals surface area contributed by atoms with E-state index in [0.29, 0.717) is 12.0 Å². The lowest BCUT2D eigenvalue weighted by atomic mass is 10.1. The summed E-state index contributed by atoms with van der Waals surface area (Å²) >= 11 is 1.77. The lowest BCUT2D eigenvalue weighted by molar-refractivity contribution is 0.0124. The fourth-order valence-electron chi connectivity index (χ4n) is 1.64. The summed E-state index contributed by atoms with van der Waals surface area (Å²) < 4.78 is 5.97. The minimum Gasteiger partial charge on any atom is -0.371 e. The van der Waals surface area contributed by atoms with Gasteiger partial charge >= 0.3 is 0 Å². The van der Waals surface area contributed by atoms with Gasteiger partial charge in [0.15, 0.2) is 0 Å². The lowest BCUT2D eigenvalue weighted by Gasteiger charge is -2.21. The first kappa shape index (κ1) is 12.1. The molecule has 1 unspecified atom stereocenters. The zero-order valence-corrected chi connectivity index (χ0v) is 10.9. The number of nitrogens with one attached hydrogen (secondary N) is 1. The average Bonchev–Trinajstić information content (AvgIpc) is 2.93. The highest BCUT2D eigenvalue weighted by atomic mass is 32.1. The molecule has 16 heavy (non-hydrogen) atoms. The van der Waals surface area contributed by atoms with Gasteiger partial charge in [-0.2, -0.15) is 0 Å². The Labute approximate surface area is 102 Å². The molecule has 0 amide bonds. The zero-order valence-electron chi connectivity index (χ0n) is 10.1. The van der Waals surface area contributed by atoms with Gasteiger partial charge in [-0.25, -0.2) is 0 Å². The third kappa shape index (κ3) is 3.89. The van der Waals surface area contributed by atoms with Crippen LogP contribution in [0.2, 0.25) is 0 Å². The van der Waals surface area contributed by atoms with Gasteiger partial charge in [0.2, 0.25) is 0 Å². The van der Waals surface area contributed by atoms with Crippen LogP contribution in [-0.2, 0) is 11.3 Å². The van der Waals surface area contributed by atoms with E-state index >= 15 is 0 Å². The second kappa shape index (κ2) is 5.80. The fourth-order valence-corrected chi connectivity index (χ4v) is 2.27. The van der Waals surface area contributed by atoms with Crippen molar-refractivity contribution in [3.8, 4) is 0 Å². The molecule has 0 aliphatic heterocycles. The van der Waals surface area contributed by atoms with E-state index < -0.39 is 0 Å². The third-order valence-electron chi connectivity index (χ3n) is 2.95. The summed E-state index contributed by atoms with van der Waals surface area (Å²) in [6, 6.07) is 4.98. The van der Waals surface area contributed by atoms with E-state index in [-0.39, 0.29) is 0 Å². The minimum atomic E-state index is 0.336. The molecule has 0 spiro atoms. The first-order chi connectivity index (χ1) is 7.75. The largest absolute Gasteiger partial charge is 0.371 e. The summed E-state index contributed by atoms with van der Waals surface area (Å²) in [5.41, 5.74) is 0. The molecule has 1 heterocycles. The quantitative estimate of drug-likeness (QED) is 0.789. The Balaban J connectivity index is 1.72. The molecule has 2 nitrogen and oxygen atoms in total. The molecule has 1 aromatic rings. The topological polar surface area (TPSA) is 21.3 Å². The van der Waals surface area contributed by atoms with Crippen LogP contribution in [-0.4, -0.2) is 18.7 Å². The second-order valence-electron chi connectivity index (χ2n) is 4.86. The Morgan fingerprint density at radius 3 is 2.88 bits per heavy atom. The van der Waals surface area contributed by atoms with Crippen LogP contribution in [0.3, 0.4) is 0 Å². The Kier molecular flexibility index (Phi) is 4.38. The van der Waals surface area contributed by atoms with Crippen molar-refractivity contribution >= 4 is 11.3 Å². The van der Waals surface area contributed by atoms with E-state index in [0.717, 1.165) is 19.2 Å². The molecule has 0 aromatic carbocycles. The van der Waals surface area contributed by atoms with Crippen LogP contribution in [0, 0.1) is 5.92 Å². The average molecular weight is 239 g/mol. The zero-order chi connectivity index (χ0) is 11.4. The van der Waals surface area contributed by atoms with Crippen molar-refractivity contribution in [1.29, 1.82) is 0 Å². The van der Waals surface area contributed by atoms with Gasteiger partial charge in [-0.05, 0) is 30.2 Å². The first-order valence-electron chi connectivity index (χ1n) is 6.13. The van der Waals surface area contributed by atoms with Crippen LogP contribution < -0.4 is 5.32 Å². The Morgan fingerprint density at radius 1 is 1.50 bits per heavy atom. The molecule has 90 valence electrons. The van der Waals surface area contributed by atoms with Crippen molar-refractivity contribution in [2.45, 2.75) is 45.4 Å². The Hall–Kier alpha value is -0.380. The van der Waals surface area contributed by atoms with Gasteiger partial charge in [0, 0.05) is 17.5 Å². The predicted octanol–water partition coefficient (Wildman–Crippen LogP) is 3.04. The summed E-state index contributed by atoms with van der Waals surface area (Å²) in [5, 5.41) is 5.65. The molecule has 1 aromatic heterocycles. The molecule has 1 atom stereocenters. The number of hydrogen-bond acceptors (Lipinski definition) is 3. The van der Waals surface area contributed by atoms with Crippen LogP contribution in [0.1, 0.15) is 31.6 Å². The molecular formula is C13H21NOS. The molecule has 1 aliphatic carbocycles. The third-order valence-corrected chi connectivity index (χ3v) is 3.80. The van der Waals surface area contributed by atoms with Crippen molar-refractivity contribution in [2.75, 3.05) is 6.54 Å². The van der Waals surface area contributed by atoms with Crippen LogP contribution in [0.4, 0.5) is 0 Å². The standard InChI is InChI=1S/C13H21NOS/c1-10(2)13(8-14-11-5-6-11)15-9-12-4-3-7-16-12/h3-4,7,10-11,13-14H,5-6,8-9H2,1-2H3. The molecule has 0 radical (unpaired) electrons. The lowest BCUT2D eigenvalue weighted by Crippen LogP contribution is -2.34. The summed E-state index contributed by atoms with van der Waals surface area (Å²) in [6.45, 7) is 6.21. The normalized spacial score (nSPS) is 17.9. The molecule has 2 rings (SSSR count). The van der Waals surface area contributed by atoms with Gasteiger partial charge in [0.25, 0.3) is 0 Å². The van der Waals surface area contributed by atoms with Crippen molar-refractivity contribution in [3.05, 3.63) is 22.4 Å². The SMILES string of the molecule is CC(C)C(CNC1CC1)OCc1cccs1. The molecular weight excluding hydrogens is 218 g/mol. The maximum atomic E-state index is 5.97. The summed E-state index contributed by atoms with van der Waals surface area (Å²) in [4.78, 5) is 1.32. The summed E-state index contributed by atoms with van der Waals surface area (Å²) in [5.74, 6) is 0.575. The molecule has 0 saturated heterocycles. The molecule has 1 saturated carbocycles. The predicted molar refractivity (Wildman–Crippen MR) is 68.8 cm³/mol. The van der Waals surface area contributed by atoms with Crippen LogP contribution >= 0.6 is 11.3 Å². The van der Waals surface area contributed by atoms with E-state index in [1.165, 1.54) is 17.7 Å². The highest BCUT2D eigenvalue weighted by molar-refractivity contribution is 7.09. The van der Waals surface area contributed by atoms with Gasteiger partial charge < -0.3 is 10.1 Å². The van der Waals surface area contributed by atoms with Gasteiger partial charge in [-0.3, -0.25) is 0 Å². The van der Waals surface area contributed by atoms with Gasteiger partial charge in [-0.1, -0.05) is 19.9 Å². The Bertz CT molecular complexity index is 293. The molecule has 1 aliphatic rings. The van der Waals surface area contributed by atoms with Crippen LogP contribution in [0.5, 0.6) is 0 Å². The highest BCUT2D eigenvalue weighted by Crippen LogP contribution is 2.20. The maximum absolute atomic E-state index is 5.97. The highest BCUT2D eigenvalue weighted by Gasteiger charge is 2.23. The molecule has 1 N–H and O–H groups in total. The number of thiophene rings is 1.